The van der Waals surface area contributed by atoms with Gasteiger partial charge in [0.2, 0.25) is 5.78 Å². The maximum atomic E-state index is 12.6. The van der Waals surface area contributed by atoms with Crippen molar-refractivity contribution in [3.63, 3.8) is 0 Å². The zero-order valence-electron chi connectivity index (χ0n) is 12.9. The fraction of sp³-hybridized carbons (Fsp3) is 0.438. The molecule has 0 unspecified atom stereocenters. The van der Waals surface area contributed by atoms with Gasteiger partial charge in [0, 0.05) is 51.7 Å². The number of nitrogens with zero attached hydrogens (tertiary/aromatic N) is 4. The molecular formula is C16H20N4O2. The molecule has 3 heterocycles. The molecule has 22 heavy (non-hydrogen) atoms. The zero-order valence-corrected chi connectivity index (χ0v) is 12.9. The van der Waals surface area contributed by atoms with E-state index in [4.69, 9.17) is 0 Å². The van der Waals surface area contributed by atoms with Crippen molar-refractivity contribution in [2.24, 2.45) is 20.0 Å². The molecule has 0 N–H and O–H groups in total. The number of carbonyl (C=O) groups is 2. The van der Waals surface area contributed by atoms with Gasteiger partial charge in [-0.1, -0.05) is 0 Å². The summed E-state index contributed by atoms with van der Waals surface area (Å²) in [5, 5.41) is 0. The number of ketones is 1. The summed E-state index contributed by atoms with van der Waals surface area (Å²) in [6, 6.07) is 3.67. The van der Waals surface area contributed by atoms with Crippen LogP contribution < -0.4 is 0 Å². The second-order valence-corrected chi connectivity index (χ2v) is 5.82. The monoisotopic (exact) mass is 300 g/mol. The fourth-order valence-electron chi connectivity index (χ4n) is 3.01. The van der Waals surface area contributed by atoms with Crippen LogP contribution in [0.4, 0.5) is 0 Å². The van der Waals surface area contributed by atoms with Crippen molar-refractivity contribution in [2.45, 2.75) is 12.8 Å². The van der Waals surface area contributed by atoms with Crippen LogP contribution in [0.1, 0.15) is 33.9 Å². The van der Waals surface area contributed by atoms with Crippen molar-refractivity contribution in [3.05, 3.63) is 42.2 Å². The van der Waals surface area contributed by atoms with Crippen molar-refractivity contribution in [3.8, 4) is 0 Å². The molecule has 116 valence electrons. The zero-order chi connectivity index (χ0) is 15.7. The number of piperidine rings is 1. The molecule has 1 atom stereocenters. The number of Topliss-reactive ketones (excluding diaryl/α,β-unsaturated/α-hetero) is 1. The smallest absolute Gasteiger partial charge is 0.270 e. The summed E-state index contributed by atoms with van der Waals surface area (Å²) in [6.07, 6.45) is 6.90. The van der Waals surface area contributed by atoms with Gasteiger partial charge in [0.15, 0.2) is 5.82 Å². The highest BCUT2D eigenvalue weighted by molar-refractivity contribution is 5.96. The van der Waals surface area contributed by atoms with Gasteiger partial charge in [0.25, 0.3) is 5.91 Å². The lowest BCUT2D eigenvalue weighted by atomic mass is 9.93. The van der Waals surface area contributed by atoms with Crippen molar-refractivity contribution in [1.82, 2.24) is 19.0 Å². The number of hydrogen-bond donors (Lipinski definition) is 0. The van der Waals surface area contributed by atoms with Crippen LogP contribution in [0, 0.1) is 5.92 Å². The van der Waals surface area contributed by atoms with Crippen LogP contribution in [0.25, 0.3) is 0 Å². The van der Waals surface area contributed by atoms with E-state index < -0.39 is 0 Å². The third-order valence-corrected chi connectivity index (χ3v) is 4.28. The molecule has 0 bridgehead atoms. The number of aryl methyl sites for hydroxylation is 2. The van der Waals surface area contributed by atoms with Gasteiger partial charge in [0.1, 0.15) is 5.69 Å². The molecule has 3 rings (SSSR count). The second-order valence-electron chi connectivity index (χ2n) is 5.82. The number of likely N-dealkylation sites (tertiary alicyclic amines) is 1. The van der Waals surface area contributed by atoms with E-state index in [2.05, 4.69) is 4.98 Å². The topological polar surface area (TPSA) is 60.1 Å². The van der Waals surface area contributed by atoms with Crippen LogP contribution in [-0.2, 0) is 14.1 Å². The van der Waals surface area contributed by atoms with Gasteiger partial charge in [-0.2, -0.15) is 0 Å². The number of hydrogen-bond acceptors (Lipinski definition) is 3. The van der Waals surface area contributed by atoms with Crippen LogP contribution in [-0.4, -0.2) is 43.8 Å². The largest absolute Gasteiger partial charge is 0.347 e. The Balaban J connectivity index is 1.75. The molecule has 6 heteroatoms. The van der Waals surface area contributed by atoms with E-state index in [1.807, 2.05) is 37.0 Å². The van der Waals surface area contributed by atoms with Crippen molar-refractivity contribution in [2.75, 3.05) is 13.1 Å². The molecule has 0 radical (unpaired) electrons. The Hall–Kier alpha value is -2.37. The number of carbonyl (C=O) groups excluding carboxylic acids is 2. The lowest BCUT2D eigenvalue weighted by Crippen LogP contribution is -2.43. The number of rotatable bonds is 3. The Morgan fingerprint density at radius 1 is 1.23 bits per heavy atom. The predicted octanol–water partition coefficient (Wildman–Crippen LogP) is 1.49. The lowest BCUT2D eigenvalue weighted by molar-refractivity contribution is 0.0625. The summed E-state index contributed by atoms with van der Waals surface area (Å²) in [5.74, 6) is 0.318. The standard InChI is InChI=1S/C16H20N4O2/c1-18-8-4-6-13(18)16(22)20-9-3-5-12(11-20)14(21)15-17-7-10-19(15)2/h4,6-8,10,12H,3,5,9,11H2,1-2H3/t12-/m0/s1. The third kappa shape index (κ3) is 2.56. The minimum absolute atomic E-state index is 0.00941. The highest BCUT2D eigenvalue weighted by Crippen LogP contribution is 2.21. The number of imidazole rings is 1. The van der Waals surface area contributed by atoms with Gasteiger partial charge in [-0.3, -0.25) is 9.59 Å². The first-order valence-corrected chi connectivity index (χ1v) is 7.50. The van der Waals surface area contributed by atoms with Crippen molar-refractivity contribution < 1.29 is 9.59 Å². The van der Waals surface area contributed by atoms with Gasteiger partial charge in [0.05, 0.1) is 0 Å². The molecule has 1 aliphatic heterocycles. The van der Waals surface area contributed by atoms with Gasteiger partial charge in [-0.05, 0) is 25.0 Å². The molecule has 1 saturated heterocycles. The third-order valence-electron chi connectivity index (χ3n) is 4.28. The van der Waals surface area contributed by atoms with Gasteiger partial charge in [-0.15, -0.1) is 0 Å². The van der Waals surface area contributed by atoms with E-state index >= 15 is 0 Å². The molecule has 1 amide bonds. The molecule has 1 fully saturated rings. The van der Waals surface area contributed by atoms with Crippen LogP contribution >= 0.6 is 0 Å². The molecular weight excluding hydrogens is 280 g/mol. The first-order valence-electron chi connectivity index (χ1n) is 7.50. The van der Waals surface area contributed by atoms with Crippen molar-refractivity contribution in [1.29, 1.82) is 0 Å². The molecule has 0 saturated carbocycles. The second kappa shape index (κ2) is 5.79. The van der Waals surface area contributed by atoms with Gasteiger partial charge < -0.3 is 14.0 Å². The average Bonchev–Trinajstić information content (AvgIpc) is 3.14. The summed E-state index contributed by atoms with van der Waals surface area (Å²) in [5.41, 5.74) is 0.657. The van der Waals surface area contributed by atoms with E-state index in [0.29, 0.717) is 24.6 Å². The van der Waals surface area contributed by atoms with Crippen LogP contribution in [0.3, 0.4) is 0 Å². The first kappa shape index (κ1) is 14.6. The normalized spacial score (nSPS) is 18.5. The molecule has 2 aromatic heterocycles. The van der Waals surface area contributed by atoms with Crippen LogP contribution in [0.2, 0.25) is 0 Å². The summed E-state index contributed by atoms with van der Waals surface area (Å²) < 4.78 is 3.55. The Morgan fingerprint density at radius 3 is 2.68 bits per heavy atom. The quantitative estimate of drug-likeness (QED) is 0.807. The van der Waals surface area contributed by atoms with E-state index in [0.717, 1.165) is 12.8 Å². The van der Waals surface area contributed by atoms with E-state index in [-0.39, 0.29) is 17.6 Å². The van der Waals surface area contributed by atoms with E-state index in [1.165, 1.54) is 0 Å². The maximum absolute atomic E-state index is 12.6. The van der Waals surface area contributed by atoms with Gasteiger partial charge in [-0.25, -0.2) is 4.98 Å². The van der Waals surface area contributed by atoms with E-state index in [9.17, 15) is 9.59 Å². The highest BCUT2D eigenvalue weighted by Gasteiger charge is 2.31. The first-order chi connectivity index (χ1) is 10.6. The Morgan fingerprint density at radius 2 is 2.05 bits per heavy atom. The molecule has 0 aromatic carbocycles. The number of amides is 1. The van der Waals surface area contributed by atoms with Crippen LogP contribution in [0.5, 0.6) is 0 Å². The summed E-state index contributed by atoms with van der Waals surface area (Å²) >= 11 is 0. The molecule has 1 aliphatic rings. The SMILES string of the molecule is Cn1cccc1C(=O)N1CCC[C@H](C(=O)c2nccn2C)C1. The van der Waals surface area contributed by atoms with Crippen molar-refractivity contribution >= 4 is 11.7 Å². The lowest BCUT2D eigenvalue weighted by Gasteiger charge is -2.32. The summed E-state index contributed by atoms with van der Waals surface area (Å²) in [7, 11) is 3.67. The number of aromatic nitrogens is 3. The summed E-state index contributed by atoms with van der Waals surface area (Å²) in [6.45, 7) is 1.17. The molecule has 0 spiro atoms. The van der Waals surface area contributed by atoms with E-state index in [1.54, 1.807) is 21.9 Å². The minimum atomic E-state index is -0.168. The molecule has 2 aromatic rings. The average molecular weight is 300 g/mol. The Bertz CT molecular complexity index is 642. The molecule has 0 aliphatic carbocycles. The van der Waals surface area contributed by atoms with Gasteiger partial charge >= 0.3 is 0 Å². The summed E-state index contributed by atoms with van der Waals surface area (Å²) in [4.78, 5) is 31.1. The predicted molar refractivity (Wildman–Crippen MR) is 81.6 cm³/mol. The Kier molecular flexibility index (Phi) is 3.83. The maximum Gasteiger partial charge on any atom is 0.270 e. The Labute approximate surface area is 129 Å². The molecule has 6 nitrogen and oxygen atoms in total. The minimum Gasteiger partial charge on any atom is -0.347 e. The van der Waals surface area contributed by atoms with Crippen LogP contribution in [0.15, 0.2) is 30.7 Å². The fourth-order valence-corrected chi connectivity index (χ4v) is 3.01. The highest BCUT2D eigenvalue weighted by atomic mass is 16.2.